The maximum atomic E-state index is 5.20. The first-order valence-corrected chi connectivity index (χ1v) is 4.61. The van der Waals surface area contributed by atoms with Crippen molar-refractivity contribution in [2.45, 2.75) is 25.4 Å². The van der Waals surface area contributed by atoms with Crippen molar-refractivity contribution in [1.29, 1.82) is 0 Å². The van der Waals surface area contributed by atoms with E-state index < -0.39 is 0 Å². The first-order chi connectivity index (χ1) is 6.40. The minimum atomic E-state index is 0.715. The van der Waals surface area contributed by atoms with Gasteiger partial charge in [0.15, 0.2) is 0 Å². The third kappa shape index (κ3) is 2.18. The number of hydrogen-bond donors (Lipinski definition) is 1. The lowest BCUT2D eigenvalue weighted by molar-refractivity contribution is 0.404. The summed E-state index contributed by atoms with van der Waals surface area (Å²) in [5.74, 6) is 0.871. The van der Waals surface area contributed by atoms with Crippen LogP contribution in [0, 0.1) is 0 Å². The van der Waals surface area contributed by atoms with Gasteiger partial charge in [-0.3, -0.25) is 4.98 Å². The number of ether oxygens (including phenoxy) is 1. The fraction of sp³-hybridized carbons (Fsp3) is 0.500. The van der Waals surface area contributed by atoms with E-state index in [9.17, 15) is 0 Å². The highest BCUT2D eigenvalue weighted by atomic mass is 16.5. The van der Waals surface area contributed by atoms with Crippen molar-refractivity contribution in [2.75, 3.05) is 7.11 Å². The SMILES string of the molecule is COc1cccnc1CNC1CC1. The molecule has 0 aliphatic heterocycles. The van der Waals surface area contributed by atoms with E-state index in [0.717, 1.165) is 18.0 Å². The molecule has 0 spiro atoms. The number of hydrogen-bond acceptors (Lipinski definition) is 3. The van der Waals surface area contributed by atoms with Crippen molar-refractivity contribution in [1.82, 2.24) is 10.3 Å². The van der Waals surface area contributed by atoms with Crippen LogP contribution in [0.2, 0.25) is 0 Å². The summed E-state index contributed by atoms with van der Waals surface area (Å²) in [4.78, 5) is 4.26. The quantitative estimate of drug-likeness (QED) is 0.755. The highest BCUT2D eigenvalue weighted by Gasteiger charge is 2.20. The second kappa shape index (κ2) is 3.75. The van der Waals surface area contributed by atoms with Crippen molar-refractivity contribution in [3.63, 3.8) is 0 Å². The molecule has 2 rings (SSSR count). The number of rotatable bonds is 4. The minimum absolute atomic E-state index is 0.715. The van der Waals surface area contributed by atoms with Crippen LogP contribution < -0.4 is 10.1 Å². The zero-order chi connectivity index (χ0) is 9.10. The van der Waals surface area contributed by atoms with Gasteiger partial charge < -0.3 is 10.1 Å². The van der Waals surface area contributed by atoms with E-state index in [1.165, 1.54) is 12.8 Å². The zero-order valence-corrected chi connectivity index (χ0v) is 7.79. The van der Waals surface area contributed by atoms with Crippen molar-refractivity contribution in [3.05, 3.63) is 24.0 Å². The molecule has 1 aromatic rings. The van der Waals surface area contributed by atoms with Crippen LogP contribution in [0.15, 0.2) is 18.3 Å². The van der Waals surface area contributed by atoms with E-state index in [1.807, 2.05) is 12.1 Å². The smallest absolute Gasteiger partial charge is 0.141 e. The Morgan fingerprint density at radius 3 is 3.15 bits per heavy atom. The number of nitrogens with zero attached hydrogens (tertiary/aromatic N) is 1. The lowest BCUT2D eigenvalue weighted by Gasteiger charge is -2.06. The average Bonchev–Trinajstić information content (AvgIpc) is 2.99. The predicted molar refractivity (Wildman–Crippen MR) is 50.7 cm³/mol. The molecule has 0 aromatic carbocycles. The summed E-state index contributed by atoms with van der Waals surface area (Å²) in [5.41, 5.74) is 0.997. The van der Waals surface area contributed by atoms with Gasteiger partial charge in [0.05, 0.1) is 12.8 Å². The van der Waals surface area contributed by atoms with Gasteiger partial charge in [0, 0.05) is 18.8 Å². The third-order valence-corrected chi connectivity index (χ3v) is 2.20. The van der Waals surface area contributed by atoms with Crippen LogP contribution in [-0.2, 0) is 6.54 Å². The van der Waals surface area contributed by atoms with Gasteiger partial charge in [-0.2, -0.15) is 0 Å². The number of pyridine rings is 1. The summed E-state index contributed by atoms with van der Waals surface area (Å²) >= 11 is 0. The molecule has 3 nitrogen and oxygen atoms in total. The van der Waals surface area contributed by atoms with E-state index in [-0.39, 0.29) is 0 Å². The number of aromatic nitrogens is 1. The van der Waals surface area contributed by atoms with Gasteiger partial charge in [0.1, 0.15) is 5.75 Å². The van der Waals surface area contributed by atoms with Crippen molar-refractivity contribution >= 4 is 0 Å². The fourth-order valence-corrected chi connectivity index (χ4v) is 1.27. The lowest BCUT2D eigenvalue weighted by Crippen LogP contribution is -2.16. The molecule has 1 fully saturated rings. The first-order valence-electron chi connectivity index (χ1n) is 4.61. The Bertz CT molecular complexity index is 284. The molecule has 0 bridgehead atoms. The molecule has 70 valence electrons. The van der Waals surface area contributed by atoms with Gasteiger partial charge in [0.2, 0.25) is 0 Å². The van der Waals surface area contributed by atoms with Crippen LogP contribution in [0.25, 0.3) is 0 Å². The van der Waals surface area contributed by atoms with Crippen molar-refractivity contribution < 1.29 is 4.74 Å². The van der Waals surface area contributed by atoms with Gasteiger partial charge >= 0.3 is 0 Å². The molecule has 3 heteroatoms. The third-order valence-electron chi connectivity index (χ3n) is 2.20. The molecule has 0 atom stereocenters. The average molecular weight is 178 g/mol. The molecule has 0 radical (unpaired) electrons. The van der Waals surface area contributed by atoms with E-state index in [1.54, 1.807) is 13.3 Å². The first kappa shape index (κ1) is 8.51. The summed E-state index contributed by atoms with van der Waals surface area (Å²) in [6.45, 7) is 0.814. The van der Waals surface area contributed by atoms with Gasteiger partial charge in [-0.15, -0.1) is 0 Å². The summed E-state index contributed by atoms with van der Waals surface area (Å²) in [6, 6.07) is 4.54. The van der Waals surface area contributed by atoms with E-state index >= 15 is 0 Å². The monoisotopic (exact) mass is 178 g/mol. The Balaban J connectivity index is 1.99. The summed E-state index contributed by atoms with van der Waals surface area (Å²) in [7, 11) is 1.68. The second-order valence-corrected chi connectivity index (χ2v) is 3.31. The topological polar surface area (TPSA) is 34.1 Å². The van der Waals surface area contributed by atoms with Crippen LogP contribution >= 0.6 is 0 Å². The molecule has 0 amide bonds. The highest BCUT2D eigenvalue weighted by Crippen LogP contribution is 2.20. The van der Waals surface area contributed by atoms with Crippen LogP contribution in [0.1, 0.15) is 18.5 Å². The summed E-state index contributed by atoms with van der Waals surface area (Å²) in [5, 5.41) is 3.41. The van der Waals surface area contributed by atoms with Crippen LogP contribution in [0.3, 0.4) is 0 Å². The molecule has 1 N–H and O–H groups in total. The highest BCUT2D eigenvalue weighted by molar-refractivity contribution is 5.26. The Morgan fingerprint density at radius 1 is 1.62 bits per heavy atom. The Kier molecular flexibility index (Phi) is 2.45. The van der Waals surface area contributed by atoms with Crippen molar-refractivity contribution in [2.24, 2.45) is 0 Å². The molecule has 1 saturated carbocycles. The van der Waals surface area contributed by atoms with Gasteiger partial charge in [-0.1, -0.05) is 0 Å². The molecule has 0 unspecified atom stereocenters. The Labute approximate surface area is 78.1 Å². The molecule has 1 heterocycles. The van der Waals surface area contributed by atoms with E-state index in [0.29, 0.717) is 6.04 Å². The van der Waals surface area contributed by atoms with Crippen molar-refractivity contribution in [3.8, 4) is 5.75 Å². The normalized spacial score (nSPS) is 15.8. The molecule has 0 saturated heterocycles. The largest absolute Gasteiger partial charge is 0.495 e. The lowest BCUT2D eigenvalue weighted by atomic mass is 10.3. The Hall–Kier alpha value is -1.09. The maximum Gasteiger partial charge on any atom is 0.141 e. The Morgan fingerprint density at radius 2 is 2.46 bits per heavy atom. The van der Waals surface area contributed by atoms with Crippen LogP contribution in [0.4, 0.5) is 0 Å². The van der Waals surface area contributed by atoms with Crippen LogP contribution in [-0.4, -0.2) is 18.1 Å². The summed E-state index contributed by atoms with van der Waals surface area (Å²) in [6.07, 6.45) is 4.40. The summed E-state index contributed by atoms with van der Waals surface area (Å²) < 4.78 is 5.20. The molecule has 1 aliphatic rings. The fourth-order valence-electron chi connectivity index (χ4n) is 1.27. The van der Waals surface area contributed by atoms with Gasteiger partial charge in [0.25, 0.3) is 0 Å². The maximum absolute atomic E-state index is 5.20. The van der Waals surface area contributed by atoms with E-state index in [2.05, 4.69) is 10.3 Å². The standard InChI is InChI=1S/C10H14N2O/c1-13-10-3-2-6-11-9(10)7-12-8-4-5-8/h2-3,6,8,12H,4-5,7H2,1H3. The van der Waals surface area contributed by atoms with Gasteiger partial charge in [-0.25, -0.2) is 0 Å². The molecule has 1 aliphatic carbocycles. The molecular weight excluding hydrogens is 164 g/mol. The molecule has 1 aromatic heterocycles. The molecular formula is C10H14N2O. The number of methoxy groups -OCH3 is 1. The predicted octanol–water partition coefficient (Wildman–Crippen LogP) is 1.34. The second-order valence-electron chi connectivity index (χ2n) is 3.31. The van der Waals surface area contributed by atoms with E-state index in [4.69, 9.17) is 4.74 Å². The minimum Gasteiger partial charge on any atom is -0.495 e. The zero-order valence-electron chi connectivity index (χ0n) is 7.79. The number of nitrogens with one attached hydrogen (secondary N) is 1. The van der Waals surface area contributed by atoms with Crippen LogP contribution in [0.5, 0.6) is 5.75 Å². The van der Waals surface area contributed by atoms with Gasteiger partial charge in [-0.05, 0) is 25.0 Å². The molecule has 13 heavy (non-hydrogen) atoms.